The minimum atomic E-state index is 0.393. The molecule has 2 rings (SSSR count). The first kappa shape index (κ1) is 14.2. The summed E-state index contributed by atoms with van der Waals surface area (Å²) in [5, 5.41) is 4.87. The lowest BCUT2D eigenvalue weighted by molar-refractivity contribution is 0.322. The van der Waals surface area contributed by atoms with Gasteiger partial charge in [-0.3, -0.25) is 0 Å². The lowest BCUT2D eigenvalue weighted by atomic mass is 9.82. The molecule has 0 aliphatic heterocycles. The van der Waals surface area contributed by atoms with Gasteiger partial charge in [-0.1, -0.05) is 43.1 Å². The Morgan fingerprint density at radius 2 is 2.11 bits per heavy atom. The highest BCUT2D eigenvalue weighted by atomic mass is 35.5. The second kappa shape index (κ2) is 5.81. The first-order valence-corrected chi connectivity index (χ1v) is 7.45. The molecule has 1 N–H and O–H groups in total. The molecule has 1 aliphatic rings. The normalized spacial score (nSPS) is 27.7. The predicted octanol–water partition coefficient (Wildman–Crippen LogP) is 4.70. The average Bonchev–Trinajstić information content (AvgIpc) is 2.66. The minimum Gasteiger partial charge on any atom is -0.314 e. The summed E-state index contributed by atoms with van der Waals surface area (Å²) in [7, 11) is 0. The van der Waals surface area contributed by atoms with Gasteiger partial charge in [-0.2, -0.15) is 0 Å². The smallest absolute Gasteiger partial charge is 0.0595 e. The minimum absolute atomic E-state index is 0.393. The van der Waals surface area contributed by atoms with Gasteiger partial charge in [0.25, 0.3) is 0 Å². The van der Waals surface area contributed by atoms with Crippen molar-refractivity contribution < 1.29 is 0 Å². The average molecular weight is 286 g/mol. The van der Waals surface area contributed by atoms with Crippen LogP contribution in [0, 0.1) is 5.41 Å². The topological polar surface area (TPSA) is 12.0 Å². The van der Waals surface area contributed by atoms with E-state index in [0.717, 1.165) is 13.0 Å². The lowest BCUT2D eigenvalue weighted by Gasteiger charge is -2.24. The Balaban J connectivity index is 2.02. The Morgan fingerprint density at radius 3 is 2.78 bits per heavy atom. The summed E-state index contributed by atoms with van der Waals surface area (Å²) < 4.78 is 0. The highest BCUT2D eigenvalue weighted by Gasteiger charge is 2.34. The largest absolute Gasteiger partial charge is 0.314 e. The van der Waals surface area contributed by atoms with E-state index in [9.17, 15) is 0 Å². The molecular weight excluding hydrogens is 265 g/mol. The van der Waals surface area contributed by atoms with Gasteiger partial charge in [-0.15, -0.1) is 0 Å². The molecular formula is C15H21Cl2N. The molecule has 0 spiro atoms. The summed E-state index contributed by atoms with van der Waals surface area (Å²) in [6.45, 7) is 5.62. The predicted molar refractivity (Wildman–Crippen MR) is 79.6 cm³/mol. The quantitative estimate of drug-likeness (QED) is 0.845. The fraction of sp³-hybridized carbons (Fsp3) is 0.600. The van der Waals surface area contributed by atoms with Gasteiger partial charge < -0.3 is 5.32 Å². The second-order valence-corrected chi connectivity index (χ2v) is 6.55. The van der Waals surface area contributed by atoms with Crippen molar-refractivity contribution in [2.75, 3.05) is 6.54 Å². The van der Waals surface area contributed by atoms with E-state index in [2.05, 4.69) is 25.2 Å². The van der Waals surface area contributed by atoms with E-state index in [1.165, 1.54) is 24.8 Å². The molecule has 18 heavy (non-hydrogen) atoms. The Morgan fingerprint density at radius 1 is 1.33 bits per heavy atom. The van der Waals surface area contributed by atoms with Crippen LogP contribution < -0.4 is 5.32 Å². The zero-order chi connectivity index (χ0) is 13.2. The Bertz CT molecular complexity index is 419. The van der Waals surface area contributed by atoms with Crippen molar-refractivity contribution in [1.29, 1.82) is 0 Å². The van der Waals surface area contributed by atoms with Crippen molar-refractivity contribution in [3.05, 3.63) is 33.8 Å². The highest BCUT2D eigenvalue weighted by Crippen LogP contribution is 2.41. The molecule has 0 aromatic heterocycles. The summed E-state index contributed by atoms with van der Waals surface area (Å²) in [4.78, 5) is 0. The number of nitrogens with one attached hydrogen (secondary N) is 1. The van der Waals surface area contributed by atoms with Gasteiger partial charge in [0.1, 0.15) is 0 Å². The van der Waals surface area contributed by atoms with Gasteiger partial charge in [-0.05, 0) is 55.3 Å². The van der Waals surface area contributed by atoms with E-state index in [0.29, 0.717) is 21.5 Å². The molecule has 1 aliphatic carbocycles. The van der Waals surface area contributed by atoms with Gasteiger partial charge in [0.15, 0.2) is 0 Å². The number of hydrogen-bond acceptors (Lipinski definition) is 1. The van der Waals surface area contributed by atoms with E-state index < -0.39 is 0 Å². The highest BCUT2D eigenvalue weighted by molar-refractivity contribution is 6.42. The molecule has 100 valence electrons. The van der Waals surface area contributed by atoms with Crippen molar-refractivity contribution in [2.24, 2.45) is 5.41 Å². The Kier molecular flexibility index (Phi) is 4.58. The van der Waals surface area contributed by atoms with Crippen molar-refractivity contribution in [2.45, 2.75) is 45.6 Å². The van der Waals surface area contributed by atoms with E-state index in [-0.39, 0.29) is 0 Å². The Hall–Kier alpha value is -0.240. The van der Waals surface area contributed by atoms with Crippen LogP contribution in [-0.2, 0) is 6.42 Å². The SMILES string of the molecule is CCNC1CCC(C)(Cc2ccc(Cl)c(Cl)c2)C1. The van der Waals surface area contributed by atoms with E-state index in [1.54, 1.807) is 0 Å². The van der Waals surface area contributed by atoms with Gasteiger partial charge >= 0.3 is 0 Å². The van der Waals surface area contributed by atoms with Crippen LogP contribution in [0.1, 0.15) is 38.7 Å². The van der Waals surface area contributed by atoms with E-state index in [4.69, 9.17) is 23.2 Å². The van der Waals surface area contributed by atoms with Gasteiger partial charge in [-0.25, -0.2) is 0 Å². The summed E-state index contributed by atoms with van der Waals surface area (Å²) in [6.07, 6.45) is 4.91. The molecule has 1 fully saturated rings. The third kappa shape index (κ3) is 3.40. The number of hydrogen-bond donors (Lipinski definition) is 1. The van der Waals surface area contributed by atoms with Crippen LogP contribution in [0.25, 0.3) is 0 Å². The monoisotopic (exact) mass is 285 g/mol. The van der Waals surface area contributed by atoms with Crippen LogP contribution in [0.5, 0.6) is 0 Å². The number of benzene rings is 1. The van der Waals surface area contributed by atoms with Crippen LogP contribution in [0.3, 0.4) is 0 Å². The first-order valence-electron chi connectivity index (χ1n) is 6.70. The maximum Gasteiger partial charge on any atom is 0.0595 e. The summed E-state index contributed by atoms with van der Waals surface area (Å²) >= 11 is 12.0. The zero-order valence-corrected chi connectivity index (χ0v) is 12.6. The first-order chi connectivity index (χ1) is 8.52. The summed E-state index contributed by atoms with van der Waals surface area (Å²) in [6, 6.07) is 6.69. The summed E-state index contributed by atoms with van der Waals surface area (Å²) in [5.41, 5.74) is 1.69. The zero-order valence-electron chi connectivity index (χ0n) is 11.1. The molecule has 0 bridgehead atoms. The van der Waals surface area contributed by atoms with Gasteiger partial charge in [0, 0.05) is 6.04 Å². The van der Waals surface area contributed by atoms with Gasteiger partial charge in [0.05, 0.1) is 10.0 Å². The van der Waals surface area contributed by atoms with Crippen LogP contribution in [-0.4, -0.2) is 12.6 Å². The van der Waals surface area contributed by atoms with Crippen LogP contribution in [0.2, 0.25) is 10.0 Å². The van der Waals surface area contributed by atoms with Crippen molar-refractivity contribution in [1.82, 2.24) is 5.32 Å². The maximum absolute atomic E-state index is 6.08. The molecule has 3 heteroatoms. The third-order valence-electron chi connectivity index (χ3n) is 3.94. The van der Waals surface area contributed by atoms with Crippen molar-refractivity contribution >= 4 is 23.2 Å². The molecule has 0 amide bonds. The van der Waals surface area contributed by atoms with Crippen LogP contribution >= 0.6 is 23.2 Å². The number of rotatable bonds is 4. The lowest BCUT2D eigenvalue weighted by Crippen LogP contribution is -2.28. The number of halogens is 2. The van der Waals surface area contributed by atoms with Crippen LogP contribution in [0.4, 0.5) is 0 Å². The fourth-order valence-electron chi connectivity index (χ4n) is 3.09. The van der Waals surface area contributed by atoms with Crippen molar-refractivity contribution in [3.63, 3.8) is 0 Å². The molecule has 1 nitrogen and oxygen atoms in total. The van der Waals surface area contributed by atoms with Crippen LogP contribution in [0.15, 0.2) is 18.2 Å². The van der Waals surface area contributed by atoms with E-state index in [1.807, 2.05) is 12.1 Å². The molecule has 1 saturated carbocycles. The van der Waals surface area contributed by atoms with Gasteiger partial charge in [0.2, 0.25) is 0 Å². The molecule has 0 radical (unpaired) electrons. The molecule has 0 heterocycles. The third-order valence-corrected chi connectivity index (χ3v) is 4.68. The maximum atomic E-state index is 6.08. The Labute approximate surface area is 120 Å². The van der Waals surface area contributed by atoms with Crippen molar-refractivity contribution in [3.8, 4) is 0 Å². The molecule has 2 unspecified atom stereocenters. The second-order valence-electron chi connectivity index (χ2n) is 5.73. The standard InChI is InChI=1S/C15H21Cl2N/c1-3-18-12-6-7-15(2,10-12)9-11-4-5-13(16)14(17)8-11/h4-5,8,12,18H,3,6-7,9-10H2,1-2H3. The van der Waals surface area contributed by atoms with E-state index >= 15 is 0 Å². The molecule has 0 saturated heterocycles. The molecule has 1 aromatic carbocycles. The summed E-state index contributed by atoms with van der Waals surface area (Å²) in [5.74, 6) is 0. The fourth-order valence-corrected chi connectivity index (χ4v) is 3.41. The molecule has 2 atom stereocenters. The molecule has 1 aromatic rings.